The van der Waals surface area contributed by atoms with Crippen molar-refractivity contribution in [3.8, 4) is 11.5 Å². The largest absolute Gasteiger partial charge is 0.493 e. The number of amides is 2. The minimum Gasteiger partial charge on any atom is -0.493 e. The van der Waals surface area contributed by atoms with Gasteiger partial charge in [-0.15, -0.1) is 0 Å². The number of hydrogen-bond acceptors (Lipinski definition) is 5. The summed E-state index contributed by atoms with van der Waals surface area (Å²) in [6.07, 6.45) is 4.77. The van der Waals surface area contributed by atoms with Crippen molar-refractivity contribution in [2.24, 2.45) is 5.10 Å². The SMILES string of the molecule is CCCCCOc1c(C=NNC(=O)CCC(=O)Nc2ccccc2C)cccc1OC. The Morgan fingerprint density at radius 3 is 2.55 bits per heavy atom. The van der Waals surface area contributed by atoms with E-state index >= 15 is 0 Å². The lowest BCUT2D eigenvalue weighted by atomic mass is 10.2. The molecule has 0 heterocycles. The Balaban J connectivity index is 1.86. The second-order valence-electron chi connectivity index (χ2n) is 7.09. The zero-order valence-corrected chi connectivity index (χ0v) is 18.4. The average Bonchev–Trinajstić information content (AvgIpc) is 2.77. The molecule has 7 heteroatoms. The molecule has 2 N–H and O–H groups in total. The number of nitrogens with one attached hydrogen (secondary N) is 2. The second kappa shape index (κ2) is 13.1. The number of hydrazone groups is 1. The van der Waals surface area contributed by atoms with Gasteiger partial charge in [0.25, 0.3) is 0 Å². The first kappa shape index (κ1) is 23.9. The molecule has 0 saturated carbocycles. The summed E-state index contributed by atoms with van der Waals surface area (Å²) in [5.41, 5.74) is 4.87. The molecule has 0 saturated heterocycles. The third-order valence-corrected chi connectivity index (χ3v) is 4.61. The van der Waals surface area contributed by atoms with Gasteiger partial charge in [0, 0.05) is 24.1 Å². The third-order valence-electron chi connectivity index (χ3n) is 4.61. The fourth-order valence-corrected chi connectivity index (χ4v) is 2.86. The van der Waals surface area contributed by atoms with Crippen LogP contribution in [0.5, 0.6) is 11.5 Å². The van der Waals surface area contributed by atoms with Gasteiger partial charge < -0.3 is 14.8 Å². The fraction of sp³-hybridized carbons (Fsp3) is 0.375. The summed E-state index contributed by atoms with van der Waals surface area (Å²) in [5.74, 6) is 0.643. The lowest BCUT2D eigenvalue weighted by Crippen LogP contribution is -2.21. The Labute approximate surface area is 183 Å². The van der Waals surface area contributed by atoms with Gasteiger partial charge in [-0.2, -0.15) is 5.10 Å². The number of anilines is 1. The number of carbonyl (C=O) groups excluding carboxylic acids is 2. The fourth-order valence-electron chi connectivity index (χ4n) is 2.86. The molecule has 0 bridgehead atoms. The van der Waals surface area contributed by atoms with Crippen LogP contribution in [0, 0.1) is 6.92 Å². The molecule has 0 radical (unpaired) electrons. The van der Waals surface area contributed by atoms with Crippen molar-refractivity contribution in [3.05, 3.63) is 53.6 Å². The number of carbonyl (C=O) groups is 2. The maximum Gasteiger partial charge on any atom is 0.240 e. The van der Waals surface area contributed by atoms with E-state index in [-0.39, 0.29) is 24.7 Å². The number of hydrogen-bond donors (Lipinski definition) is 2. The van der Waals surface area contributed by atoms with Crippen molar-refractivity contribution in [1.29, 1.82) is 0 Å². The third kappa shape index (κ3) is 8.12. The van der Waals surface area contributed by atoms with Gasteiger partial charge in [-0.1, -0.05) is 44.0 Å². The van der Waals surface area contributed by atoms with Gasteiger partial charge in [0.15, 0.2) is 11.5 Å². The molecule has 0 unspecified atom stereocenters. The highest BCUT2D eigenvalue weighted by Crippen LogP contribution is 2.30. The van der Waals surface area contributed by atoms with Crippen molar-refractivity contribution in [3.63, 3.8) is 0 Å². The van der Waals surface area contributed by atoms with Crippen LogP contribution in [0.2, 0.25) is 0 Å². The summed E-state index contributed by atoms with van der Waals surface area (Å²) in [4.78, 5) is 24.1. The molecule has 31 heavy (non-hydrogen) atoms. The van der Waals surface area contributed by atoms with E-state index < -0.39 is 0 Å². The molecular weight excluding hydrogens is 394 g/mol. The number of ether oxygens (including phenoxy) is 2. The van der Waals surface area contributed by atoms with E-state index in [1.165, 1.54) is 6.21 Å². The molecule has 0 fully saturated rings. The minimum atomic E-state index is -0.343. The van der Waals surface area contributed by atoms with Crippen molar-refractivity contribution in [1.82, 2.24) is 5.43 Å². The lowest BCUT2D eigenvalue weighted by molar-refractivity contribution is -0.124. The molecule has 2 aromatic rings. The Morgan fingerprint density at radius 2 is 1.81 bits per heavy atom. The molecule has 2 rings (SSSR count). The molecule has 2 aromatic carbocycles. The molecular formula is C24H31N3O4. The number of para-hydroxylation sites is 2. The van der Waals surface area contributed by atoms with Crippen molar-refractivity contribution in [2.45, 2.75) is 46.0 Å². The quantitative estimate of drug-likeness (QED) is 0.299. The van der Waals surface area contributed by atoms with Gasteiger partial charge in [-0.25, -0.2) is 5.43 Å². The lowest BCUT2D eigenvalue weighted by Gasteiger charge is -2.13. The maximum atomic E-state index is 12.1. The zero-order chi connectivity index (χ0) is 22.5. The molecule has 7 nitrogen and oxygen atoms in total. The van der Waals surface area contributed by atoms with E-state index in [9.17, 15) is 9.59 Å². The van der Waals surface area contributed by atoms with Crippen LogP contribution in [0.3, 0.4) is 0 Å². The molecule has 2 amide bonds. The average molecular weight is 426 g/mol. The van der Waals surface area contributed by atoms with Crippen LogP contribution in [0.25, 0.3) is 0 Å². The molecule has 0 aliphatic carbocycles. The number of benzene rings is 2. The number of unbranched alkanes of at least 4 members (excludes halogenated alkanes) is 2. The standard InChI is InChI=1S/C24H31N3O4/c1-4-5-8-16-31-24-19(11-9-13-21(24)30-3)17-25-27-23(29)15-14-22(28)26-20-12-7-6-10-18(20)2/h6-7,9-13,17H,4-5,8,14-16H2,1-3H3,(H,26,28)(H,27,29). The Bertz CT molecular complexity index is 896. The highest BCUT2D eigenvalue weighted by atomic mass is 16.5. The first-order valence-corrected chi connectivity index (χ1v) is 10.5. The molecule has 0 aliphatic heterocycles. The smallest absolute Gasteiger partial charge is 0.240 e. The van der Waals surface area contributed by atoms with Crippen molar-refractivity contribution < 1.29 is 19.1 Å². The van der Waals surface area contributed by atoms with Crippen LogP contribution >= 0.6 is 0 Å². The maximum absolute atomic E-state index is 12.1. The predicted molar refractivity (Wildman–Crippen MR) is 123 cm³/mol. The monoisotopic (exact) mass is 425 g/mol. The van der Waals surface area contributed by atoms with Crippen LogP contribution in [-0.2, 0) is 9.59 Å². The van der Waals surface area contributed by atoms with E-state index in [4.69, 9.17) is 9.47 Å². The first-order valence-electron chi connectivity index (χ1n) is 10.5. The number of nitrogens with zero attached hydrogens (tertiary/aromatic N) is 1. The highest BCUT2D eigenvalue weighted by molar-refractivity contribution is 5.94. The number of methoxy groups -OCH3 is 1. The summed E-state index contributed by atoms with van der Waals surface area (Å²) < 4.78 is 11.3. The van der Waals surface area contributed by atoms with Crippen LogP contribution in [-0.4, -0.2) is 31.7 Å². The Hall–Kier alpha value is -3.35. The Morgan fingerprint density at radius 1 is 1.03 bits per heavy atom. The van der Waals surface area contributed by atoms with Crippen molar-refractivity contribution >= 4 is 23.7 Å². The van der Waals surface area contributed by atoms with Gasteiger partial charge in [0.2, 0.25) is 11.8 Å². The van der Waals surface area contributed by atoms with Gasteiger partial charge in [0.05, 0.1) is 19.9 Å². The molecule has 0 aromatic heterocycles. The molecule has 0 aliphatic rings. The highest BCUT2D eigenvalue weighted by Gasteiger charge is 2.10. The number of aryl methyl sites for hydroxylation is 1. The predicted octanol–water partition coefficient (Wildman–Crippen LogP) is 4.44. The normalized spacial score (nSPS) is 10.7. The van der Waals surface area contributed by atoms with Crippen LogP contribution in [0.1, 0.15) is 50.2 Å². The van der Waals surface area contributed by atoms with Crippen molar-refractivity contribution in [2.75, 3.05) is 19.0 Å². The van der Waals surface area contributed by atoms with E-state index in [1.54, 1.807) is 7.11 Å². The summed E-state index contributed by atoms with van der Waals surface area (Å²) in [7, 11) is 1.58. The molecule has 0 spiro atoms. The molecule has 0 atom stereocenters. The topological polar surface area (TPSA) is 89.0 Å². The zero-order valence-electron chi connectivity index (χ0n) is 18.4. The summed E-state index contributed by atoms with van der Waals surface area (Å²) in [5, 5.41) is 6.81. The van der Waals surface area contributed by atoms with Gasteiger partial charge in [0.1, 0.15) is 0 Å². The van der Waals surface area contributed by atoms with E-state index in [0.29, 0.717) is 23.7 Å². The van der Waals surface area contributed by atoms with Crippen LogP contribution in [0.15, 0.2) is 47.6 Å². The summed E-state index contributed by atoms with van der Waals surface area (Å²) in [6.45, 7) is 4.63. The van der Waals surface area contributed by atoms with Gasteiger partial charge in [-0.05, 0) is 37.1 Å². The van der Waals surface area contributed by atoms with Crippen LogP contribution < -0.4 is 20.2 Å². The number of rotatable bonds is 12. The minimum absolute atomic E-state index is 0.0353. The van der Waals surface area contributed by atoms with E-state index in [1.807, 2.05) is 49.4 Å². The van der Waals surface area contributed by atoms with Gasteiger partial charge in [-0.3, -0.25) is 9.59 Å². The first-order chi connectivity index (χ1) is 15.0. The molecule has 166 valence electrons. The summed E-state index contributed by atoms with van der Waals surface area (Å²) >= 11 is 0. The van der Waals surface area contributed by atoms with E-state index in [0.717, 1.165) is 30.5 Å². The Kier molecular flexibility index (Phi) is 10.1. The van der Waals surface area contributed by atoms with E-state index in [2.05, 4.69) is 22.8 Å². The summed E-state index contributed by atoms with van der Waals surface area (Å²) in [6, 6.07) is 13.0. The van der Waals surface area contributed by atoms with Gasteiger partial charge >= 0.3 is 0 Å². The second-order valence-corrected chi connectivity index (χ2v) is 7.09. The van der Waals surface area contributed by atoms with Crippen LogP contribution in [0.4, 0.5) is 5.69 Å².